The van der Waals surface area contributed by atoms with Crippen LogP contribution in [0.2, 0.25) is 0 Å². The molecule has 0 atom stereocenters. The summed E-state index contributed by atoms with van der Waals surface area (Å²) in [6.07, 6.45) is 3.34. The second-order valence-corrected chi connectivity index (χ2v) is 9.21. The summed E-state index contributed by atoms with van der Waals surface area (Å²) in [5.74, 6) is -2.31. The van der Waals surface area contributed by atoms with Crippen molar-refractivity contribution in [1.29, 1.82) is 0 Å². The Morgan fingerprint density at radius 2 is 1.60 bits per heavy atom. The van der Waals surface area contributed by atoms with Gasteiger partial charge in [-0.05, 0) is 48.9 Å². The fourth-order valence-electron chi connectivity index (χ4n) is 3.00. The Bertz CT molecular complexity index is 1300. The van der Waals surface area contributed by atoms with Gasteiger partial charge in [0.1, 0.15) is 11.6 Å². The lowest BCUT2D eigenvalue weighted by Gasteiger charge is -2.11. The Balaban J connectivity index is 1.73. The van der Waals surface area contributed by atoms with E-state index < -0.39 is 26.6 Å². The van der Waals surface area contributed by atoms with Gasteiger partial charge < -0.3 is 0 Å². The molecule has 0 saturated carbocycles. The maximum absolute atomic E-state index is 14.0. The minimum absolute atomic E-state index is 0.182. The van der Waals surface area contributed by atoms with Gasteiger partial charge in [0, 0.05) is 23.6 Å². The maximum Gasteiger partial charge on any atom is 0.267 e. The van der Waals surface area contributed by atoms with Crippen molar-refractivity contribution in [2.75, 3.05) is 4.72 Å². The topological polar surface area (TPSA) is 72.0 Å². The van der Waals surface area contributed by atoms with E-state index in [1.165, 1.54) is 17.4 Å². The average molecular weight is 444 g/mol. The number of halogens is 2. The van der Waals surface area contributed by atoms with Gasteiger partial charge in [-0.15, -0.1) is 11.3 Å². The number of sulfonamides is 1. The third-order valence-electron chi connectivity index (χ3n) is 4.25. The van der Waals surface area contributed by atoms with Gasteiger partial charge in [0.2, 0.25) is 0 Å². The number of aromatic nitrogens is 2. The van der Waals surface area contributed by atoms with Gasteiger partial charge in [-0.1, -0.05) is 18.2 Å². The monoisotopic (exact) mass is 443 g/mol. The van der Waals surface area contributed by atoms with Gasteiger partial charge in [0.25, 0.3) is 10.0 Å². The van der Waals surface area contributed by atoms with Crippen LogP contribution in [0.4, 0.5) is 14.5 Å². The van der Waals surface area contributed by atoms with E-state index in [-0.39, 0.29) is 5.69 Å². The summed E-state index contributed by atoms with van der Waals surface area (Å²) >= 11 is 1.46. The summed E-state index contributed by atoms with van der Waals surface area (Å²) in [4.78, 5) is 8.43. The molecule has 0 spiro atoms. The highest BCUT2D eigenvalue weighted by Gasteiger charge is 2.24. The summed E-state index contributed by atoms with van der Waals surface area (Å²) in [6, 6.07) is 13.2. The van der Waals surface area contributed by atoms with Crippen LogP contribution >= 0.6 is 11.3 Å². The maximum atomic E-state index is 14.0. The van der Waals surface area contributed by atoms with E-state index in [4.69, 9.17) is 0 Å². The molecule has 0 unspecified atom stereocenters. The molecule has 2 aromatic carbocycles. The second kappa shape index (κ2) is 7.92. The molecule has 1 N–H and O–H groups in total. The number of pyridine rings is 1. The van der Waals surface area contributed by atoms with Crippen LogP contribution in [0.15, 0.2) is 71.9 Å². The molecule has 30 heavy (non-hydrogen) atoms. The van der Waals surface area contributed by atoms with E-state index in [0.29, 0.717) is 0 Å². The summed E-state index contributed by atoms with van der Waals surface area (Å²) in [5, 5.41) is 0.844. The van der Waals surface area contributed by atoms with Gasteiger partial charge >= 0.3 is 0 Å². The van der Waals surface area contributed by atoms with Gasteiger partial charge in [-0.2, -0.15) is 0 Å². The minimum Gasteiger partial charge on any atom is -0.279 e. The van der Waals surface area contributed by atoms with Crippen LogP contribution in [-0.2, 0) is 10.0 Å². The summed E-state index contributed by atoms with van der Waals surface area (Å²) in [7, 11) is -4.45. The first-order chi connectivity index (χ1) is 14.3. The molecule has 5 nitrogen and oxygen atoms in total. The Morgan fingerprint density at radius 3 is 2.30 bits per heavy atom. The zero-order chi connectivity index (χ0) is 21.3. The van der Waals surface area contributed by atoms with E-state index in [1.807, 2.05) is 25.1 Å². The van der Waals surface area contributed by atoms with E-state index in [2.05, 4.69) is 14.7 Å². The van der Waals surface area contributed by atoms with Gasteiger partial charge in [0.15, 0.2) is 4.90 Å². The number of hydrogen-bond donors (Lipinski definition) is 1. The second-order valence-electron chi connectivity index (χ2n) is 6.38. The third kappa shape index (κ3) is 3.94. The Kier molecular flexibility index (Phi) is 5.31. The fraction of sp³-hybridized carbons (Fsp3) is 0.0476. The Labute approximate surface area is 176 Å². The average Bonchev–Trinajstić information content (AvgIpc) is 3.10. The number of nitrogens with one attached hydrogen (secondary N) is 1. The zero-order valence-corrected chi connectivity index (χ0v) is 17.3. The molecule has 0 bridgehead atoms. The number of rotatable bonds is 5. The highest BCUT2D eigenvalue weighted by atomic mass is 32.2. The van der Waals surface area contributed by atoms with Gasteiger partial charge in [-0.25, -0.2) is 22.2 Å². The van der Waals surface area contributed by atoms with Crippen molar-refractivity contribution in [3.05, 3.63) is 83.6 Å². The van der Waals surface area contributed by atoms with Crippen LogP contribution in [0.3, 0.4) is 0 Å². The first-order valence-corrected chi connectivity index (χ1v) is 11.1. The lowest BCUT2D eigenvalue weighted by Crippen LogP contribution is -2.16. The van der Waals surface area contributed by atoms with E-state index in [0.717, 1.165) is 44.9 Å². The molecule has 152 valence electrons. The molecule has 0 fully saturated rings. The number of benzene rings is 2. The number of anilines is 1. The van der Waals surface area contributed by atoms with Crippen LogP contribution in [0.25, 0.3) is 21.7 Å². The van der Waals surface area contributed by atoms with Gasteiger partial charge in [0.05, 0.1) is 15.6 Å². The highest BCUT2D eigenvalue weighted by molar-refractivity contribution is 7.92. The van der Waals surface area contributed by atoms with Crippen LogP contribution in [-0.4, -0.2) is 18.4 Å². The zero-order valence-electron chi connectivity index (χ0n) is 15.6. The first kappa shape index (κ1) is 20.1. The van der Waals surface area contributed by atoms with Crippen molar-refractivity contribution in [2.45, 2.75) is 11.8 Å². The molecule has 0 amide bonds. The SMILES string of the molecule is Cc1nc(-c2ccncc2)c(-c2cccc(NS(=O)(=O)c3c(F)cccc3F)c2)s1. The van der Waals surface area contributed by atoms with E-state index >= 15 is 0 Å². The summed E-state index contributed by atoms with van der Waals surface area (Å²) < 4.78 is 55.3. The number of hydrogen-bond acceptors (Lipinski definition) is 5. The highest BCUT2D eigenvalue weighted by Crippen LogP contribution is 2.37. The summed E-state index contributed by atoms with van der Waals surface area (Å²) in [5.41, 5.74) is 2.53. The Morgan fingerprint density at radius 1 is 0.933 bits per heavy atom. The molecule has 0 aliphatic carbocycles. The molecule has 2 heterocycles. The standard InChI is InChI=1S/C21H15F2N3O2S2/c1-13-25-19(14-8-10-24-11-9-14)20(29-13)15-4-2-5-16(12-15)26-30(27,28)21-17(22)6-3-7-18(21)23/h2-12,26H,1H3. The first-order valence-electron chi connectivity index (χ1n) is 8.80. The Hall–Kier alpha value is -3.17. The lowest BCUT2D eigenvalue weighted by molar-refractivity contribution is 0.521. The molecule has 2 aromatic heterocycles. The predicted molar refractivity (Wildman–Crippen MR) is 113 cm³/mol. The molecular formula is C21H15F2N3O2S2. The van der Waals surface area contributed by atoms with E-state index in [9.17, 15) is 17.2 Å². The minimum atomic E-state index is -4.45. The van der Waals surface area contributed by atoms with Crippen molar-refractivity contribution in [1.82, 2.24) is 9.97 Å². The van der Waals surface area contributed by atoms with Crippen molar-refractivity contribution < 1.29 is 17.2 Å². The lowest BCUT2D eigenvalue weighted by atomic mass is 10.1. The molecule has 4 rings (SSSR count). The quantitative estimate of drug-likeness (QED) is 0.457. The molecular weight excluding hydrogens is 428 g/mol. The van der Waals surface area contributed by atoms with Crippen LogP contribution < -0.4 is 4.72 Å². The smallest absolute Gasteiger partial charge is 0.267 e. The van der Waals surface area contributed by atoms with Crippen molar-refractivity contribution in [3.8, 4) is 21.7 Å². The normalized spacial score (nSPS) is 11.4. The van der Waals surface area contributed by atoms with Crippen LogP contribution in [0.1, 0.15) is 5.01 Å². The molecule has 0 aliphatic rings. The summed E-state index contributed by atoms with van der Waals surface area (Å²) in [6.45, 7) is 1.88. The molecule has 9 heteroatoms. The van der Waals surface area contributed by atoms with Crippen molar-refractivity contribution >= 4 is 27.0 Å². The predicted octanol–water partition coefficient (Wildman–Crippen LogP) is 5.26. The van der Waals surface area contributed by atoms with Crippen LogP contribution in [0.5, 0.6) is 0 Å². The van der Waals surface area contributed by atoms with Crippen molar-refractivity contribution in [2.24, 2.45) is 0 Å². The number of nitrogens with zero attached hydrogens (tertiary/aromatic N) is 2. The largest absolute Gasteiger partial charge is 0.279 e. The molecule has 0 saturated heterocycles. The fourth-order valence-corrected chi connectivity index (χ4v) is 5.12. The molecule has 4 aromatic rings. The van der Waals surface area contributed by atoms with Crippen LogP contribution in [0, 0.1) is 18.6 Å². The number of thiazole rings is 1. The van der Waals surface area contributed by atoms with Crippen molar-refractivity contribution in [3.63, 3.8) is 0 Å². The number of aryl methyl sites for hydroxylation is 1. The van der Waals surface area contributed by atoms with E-state index in [1.54, 1.807) is 24.5 Å². The molecule has 0 aliphatic heterocycles. The van der Waals surface area contributed by atoms with Gasteiger partial charge in [-0.3, -0.25) is 9.71 Å². The third-order valence-corrected chi connectivity index (χ3v) is 6.70. The molecule has 0 radical (unpaired) electrons.